The van der Waals surface area contributed by atoms with Gasteiger partial charge >= 0.3 is 5.97 Å². The van der Waals surface area contributed by atoms with E-state index in [1.165, 1.54) is 17.5 Å². The summed E-state index contributed by atoms with van der Waals surface area (Å²) >= 11 is 13.3. The number of nitrogens with zero attached hydrogens (tertiary/aromatic N) is 1. The largest absolute Gasteiger partial charge is 0.477 e. The Hall–Kier alpha value is -0.890. The van der Waals surface area contributed by atoms with Crippen molar-refractivity contribution in [2.24, 2.45) is 5.92 Å². The lowest BCUT2D eigenvalue weighted by molar-refractivity contribution is 0.0307. The van der Waals surface area contributed by atoms with Crippen molar-refractivity contribution in [3.05, 3.63) is 49.9 Å². The number of carboxylic acid groups (broad SMARTS) is 1. The first-order chi connectivity index (χ1) is 11.5. The fourth-order valence-corrected chi connectivity index (χ4v) is 3.91. The van der Waals surface area contributed by atoms with Gasteiger partial charge in [-0.2, -0.15) is 0 Å². The van der Waals surface area contributed by atoms with Crippen LogP contribution in [0, 0.1) is 5.92 Å². The number of aromatic nitrogens is 1. The van der Waals surface area contributed by atoms with Gasteiger partial charge in [-0.05, 0) is 17.7 Å². The number of hydrogen-bond acceptors (Lipinski definition) is 5. The van der Waals surface area contributed by atoms with Gasteiger partial charge in [0, 0.05) is 25.4 Å². The maximum absolute atomic E-state index is 11.0. The van der Waals surface area contributed by atoms with E-state index in [2.05, 4.69) is 10.3 Å². The SMILES string of the molecule is Cl.O=C(O)c1cnc(C[C@@H]2CNCCO[C@H]2c2ccc(Cl)c(Cl)c2)s1. The Bertz CT molecular complexity index is 741. The van der Waals surface area contributed by atoms with Crippen molar-refractivity contribution in [1.82, 2.24) is 10.3 Å². The van der Waals surface area contributed by atoms with Crippen molar-refractivity contribution in [3.8, 4) is 0 Å². The van der Waals surface area contributed by atoms with Crippen LogP contribution in [0.2, 0.25) is 10.0 Å². The molecule has 2 N–H and O–H groups in total. The van der Waals surface area contributed by atoms with Crippen LogP contribution in [0.25, 0.3) is 0 Å². The highest BCUT2D eigenvalue weighted by Gasteiger charge is 2.28. The molecule has 0 spiro atoms. The predicted octanol–water partition coefficient (Wildman–Crippen LogP) is 4.09. The Balaban J connectivity index is 0.00000225. The monoisotopic (exact) mass is 422 g/mol. The molecule has 136 valence electrons. The third kappa shape index (κ3) is 5.06. The number of nitrogens with one attached hydrogen (secondary N) is 1. The third-order valence-electron chi connectivity index (χ3n) is 3.88. The summed E-state index contributed by atoms with van der Waals surface area (Å²) in [6, 6.07) is 5.52. The lowest BCUT2D eigenvalue weighted by atomic mass is 9.93. The van der Waals surface area contributed by atoms with E-state index in [-0.39, 0.29) is 29.3 Å². The van der Waals surface area contributed by atoms with Gasteiger partial charge in [0.2, 0.25) is 0 Å². The van der Waals surface area contributed by atoms with E-state index in [0.717, 1.165) is 23.7 Å². The molecular weight excluding hydrogens is 407 g/mol. The van der Waals surface area contributed by atoms with Crippen molar-refractivity contribution in [3.63, 3.8) is 0 Å². The maximum Gasteiger partial charge on any atom is 0.347 e. The van der Waals surface area contributed by atoms with Crippen LogP contribution in [0.1, 0.15) is 26.3 Å². The first kappa shape index (κ1) is 20.4. The van der Waals surface area contributed by atoms with Gasteiger partial charge in [0.25, 0.3) is 0 Å². The topological polar surface area (TPSA) is 71.5 Å². The molecular formula is C16H17Cl3N2O3S. The second-order valence-corrected chi connectivity index (χ2v) is 7.49. The van der Waals surface area contributed by atoms with E-state index in [1.807, 2.05) is 12.1 Å². The first-order valence-electron chi connectivity index (χ1n) is 7.50. The second-order valence-electron chi connectivity index (χ2n) is 5.56. The smallest absolute Gasteiger partial charge is 0.347 e. The van der Waals surface area contributed by atoms with E-state index in [1.54, 1.807) is 6.07 Å². The standard InChI is InChI=1S/C16H16Cl2N2O3S.ClH/c17-11-2-1-9(5-12(11)18)15-10(7-19-3-4-23-15)6-14-20-8-13(24-14)16(21)22;/h1-2,5,8,10,15,19H,3-4,6-7H2,(H,21,22);1H/t10-,15+;/m1./s1. The van der Waals surface area contributed by atoms with E-state index in [9.17, 15) is 4.79 Å². The number of aromatic carboxylic acids is 1. The zero-order valence-corrected chi connectivity index (χ0v) is 16.2. The average Bonchev–Trinajstić information content (AvgIpc) is 2.90. The minimum absolute atomic E-state index is 0. The lowest BCUT2D eigenvalue weighted by Crippen LogP contribution is -2.26. The lowest BCUT2D eigenvalue weighted by Gasteiger charge is -2.24. The molecule has 1 aliphatic heterocycles. The molecule has 0 saturated carbocycles. The number of carboxylic acids is 1. The summed E-state index contributed by atoms with van der Waals surface area (Å²) in [5, 5.41) is 14.2. The molecule has 0 aliphatic carbocycles. The van der Waals surface area contributed by atoms with Crippen molar-refractivity contribution in [1.29, 1.82) is 0 Å². The normalized spacial score (nSPS) is 20.6. The van der Waals surface area contributed by atoms with E-state index >= 15 is 0 Å². The Labute approximate surface area is 165 Å². The maximum atomic E-state index is 11.0. The van der Waals surface area contributed by atoms with Crippen molar-refractivity contribution in [2.75, 3.05) is 19.7 Å². The minimum Gasteiger partial charge on any atom is -0.477 e. The number of ether oxygens (including phenoxy) is 1. The summed E-state index contributed by atoms with van der Waals surface area (Å²) < 4.78 is 6.02. The highest BCUT2D eigenvalue weighted by atomic mass is 35.5. The minimum atomic E-state index is -0.949. The fraction of sp³-hybridized carbons (Fsp3) is 0.375. The molecule has 0 bridgehead atoms. The molecule has 25 heavy (non-hydrogen) atoms. The summed E-state index contributed by atoms with van der Waals surface area (Å²) in [6.07, 6.45) is 1.89. The molecule has 3 rings (SSSR count). The molecule has 2 aromatic rings. The summed E-state index contributed by atoms with van der Waals surface area (Å²) in [5.74, 6) is -0.826. The van der Waals surface area contributed by atoms with Crippen LogP contribution in [-0.2, 0) is 11.2 Å². The average molecular weight is 424 g/mol. The number of halogens is 3. The Kier molecular flexibility index (Phi) is 7.49. The molecule has 1 fully saturated rings. The molecule has 9 heteroatoms. The van der Waals surface area contributed by atoms with Gasteiger partial charge < -0.3 is 15.2 Å². The molecule has 0 amide bonds. The predicted molar refractivity (Wildman–Crippen MR) is 102 cm³/mol. The van der Waals surface area contributed by atoms with Gasteiger partial charge in [-0.1, -0.05) is 29.3 Å². The van der Waals surface area contributed by atoms with Crippen molar-refractivity contribution < 1.29 is 14.6 Å². The number of benzene rings is 1. The molecule has 1 saturated heterocycles. The summed E-state index contributed by atoms with van der Waals surface area (Å²) in [7, 11) is 0. The Morgan fingerprint density at radius 2 is 2.20 bits per heavy atom. The van der Waals surface area contributed by atoms with Gasteiger partial charge in [0.1, 0.15) is 4.88 Å². The van der Waals surface area contributed by atoms with E-state index in [0.29, 0.717) is 23.1 Å². The molecule has 0 unspecified atom stereocenters. The van der Waals surface area contributed by atoms with E-state index < -0.39 is 5.97 Å². The van der Waals surface area contributed by atoms with Crippen LogP contribution in [0.3, 0.4) is 0 Å². The van der Waals surface area contributed by atoms with Gasteiger partial charge in [-0.25, -0.2) is 9.78 Å². The zero-order chi connectivity index (χ0) is 17.1. The molecule has 1 aromatic carbocycles. The molecule has 5 nitrogen and oxygen atoms in total. The van der Waals surface area contributed by atoms with Crippen molar-refractivity contribution >= 4 is 52.9 Å². The van der Waals surface area contributed by atoms with E-state index in [4.69, 9.17) is 33.0 Å². The number of hydrogen-bond donors (Lipinski definition) is 2. The number of carbonyl (C=O) groups is 1. The number of rotatable bonds is 4. The molecule has 1 aliphatic rings. The van der Waals surface area contributed by atoms with Crippen molar-refractivity contribution in [2.45, 2.75) is 12.5 Å². The molecule has 2 atom stereocenters. The quantitative estimate of drug-likeness (QED) is 0.775. The van der Waals surface area contributed by atoms with Crippen LogP contribution in [0.4, 0.5) is 0 Å². The van der Waals surface area contributed by atoms with Crippen LogP contribution < -0.4 is 5.32 Å². The second kappa shape index (κ2) is 9.16. The van der Waals surface area contributed by atoms with Gasteiger partial charge in [-0.3, -0.25) is 0 Å². The molecule has 1 aromatic heterocycles. The van der Waals surface area contributed by atoms with Crippen LogP contribution in [-0.4, -0.2) is 35.8 Å². The Morgan fingerprint density at radius 1 is 1.40 bits per heavy atom. The van der Waals surface area contributed by atoms with Crippen LogP contribution in [0.5, 0.6) is 0 Å². The van der Waals surface area contributed by atoms with Gasteiger partial charge in [0.15, 0.2) is 0 Å². The van der Waals surface area contributed by atoms with Crippen LogP contribution >= 0.6 is 46.9 Å². The summed E-state index contributed by atoms with van der Waals surface area (Å²) in [5.41, 5.74) is 0.966. The molecule has 2 heterocycles. The number of thiazole rings is 1. The zero-order valence-electron chi connectivity index (χ0n) is 13.1. The highest BCUT2D eigenvalue weighted by molar-refractivity contribution is 7.13. The third-order valence-corrected chi connectivity index (χ3v) is 5.63. The summed E-state index contributed by atoms with van der Waals surface area (Å²) in [6.45, 7) is 2.12. The fourth-order valence-electron chi connectivity index (χ4n) is 2.75. The van der Waals surface area contributed by atoms with Gasteiger partial charge in [-0.15, -0.1) is 23.7 Å². The highest BCUT2D eigenvalue weighted by Crippen LogP contribution is 2.34. The summed E-state index contributed by atoms with van der Waals surface area (Å²) in [4.78, 5) is 15.5. The first-order valence-corrected chi connectivity index (χ1v) is 9.07. The Morgan fingerprint density at radius 3 is 2.88 bits per heavy atom. The van der Waals surface area contributed by atoms with Gasteiger partial charge in [0.05, 0.1) is 34.0 Å². The van der Waals surface area contributed by atoms with Crippen LogP contribution in [0.15, 0.2) is 24.4 Å². The molecule has 0 radical (unpaired) electrons.